The third-order valence-corrected chi connectivity index (χ3v) is 11.1. The molecule has 3 unspecified atom stereocenters. The Labute approximate surface area is 264 Å². The summed E-state index contributed by atoms with van der Waals surface area (Å²) in [6, 6.07) is 0.309. The minimum absolute atomic E-state index is 0.0186. The molecule has 8 atom stereocenters. The number of rotatable bonds is 17. The van der Waals surface area contributed by atoms with Gasteiger partial charge in [-0.3, -0.25) is 9.59 Å². The molecule has 44 heavy (non-hydrogen) atoms. The number of carbonyl (C=O) groups is 2. The smallest absolute Gasteiger partial charge is 0.302 e. The fraction of sp³-hybridized carbons (Fsp3) is 0.730. The summed E-state index contributed by atoms with van der Waals surface area (Å²) >= 11 is 0. The van der Waals surface area contributed by atoms with E-state index in [9.17, 15) is 19.8 Å². The maximum absolute atomic E-state index is 14.1. The molecule has 2 fully saturated rings. The molecule has 2 saturated heterocycles. The fourth-order valence-electron chi connectivity index (χ4n) is 8.91. The molecule has 2 heterocycles. The van der Waals surface area contributed by atoms with Gasteiger partial charge in [-0.25, -0.2) is 0 Å². The van der Waals surface area contributed by atoms with E-state index in [4.69, 9.17) is 9.47 Å². The summed E-state index contributed by atoms with van der Waals surface area (Å²) in [7, 11) is 2.17. The van der Waals surface area contributed by atoms with Crippen LogP contribution < -0.4 is 0 Å². The fourth-order valence-corrected chi connectivity index (χ4v) is 8.91. The van der Waals surface area contributed by atoms with Gasteiger partial charge in [-0.05, 0) is 69.7 Å². The Morgan fingerprint density at radius 1 is 1.07 bits per heavy atom. The van der Waals surface area contributed by atoms with Crippen LogP contribution in [0.2, 0.25) is 0 Å². The van der Waals surface area contributed by atoms with Gasteiger partial charge in [0.2, 0.25) is 0 Å². The Balaban J connectivity index is 1.10. The van der Waals surface area contributed by atoms with Crippen LogP contribution in [0.25, 0.3) is 0 Å². The normalized spacial score (nSPS) is 34.4. The predicted molar refractivity (Wildman–Crippen MR) is 172 cm³/mol. The lowest BCUT2D eigenvalue weighted by atomic mass is 9.50. The molecule has 0 aromatic heterocycles. The van der Waals surface area contributed by atoms with Crippen LogP contribution in [-0.2, 0) is 19.1 Å². The van der Waals surface area contributed by atoms with Gasteiger partial charge in [0.25, 0.3) is 0 Å². The first kappa shape index (κ1) is 33.3. The number of hydrogen-bond donors (Lipinski definition) is 2. The lowest BCUT2D eigenvalue weighted by molar-refractivity contribution is -0.163. The molecule has 0 aromatic rings. The summed E-state index contributed by atoms with van der Waals surface area (Å²) in [5.74, 6) is -0.0581. The Bertz CT molecular complexity index is 1160. The van der Waals surface area contributed by atoms with Gasteiger partial charge in [0.05, 0.1) is 12.2 Å². The number of piperidine rings is 1. The Morgan fingerprint density at radius 3 is 2.64 bits per heavy atom. The number of carbonyl (C=O) groups excluding carboxylic acids is 2. The zero-order valence-electron chi connectivity index (χ0n) is 27.2. The van der Waals surface area contributed by atoms with Gasteiger partial charge in [0.15, 0.2) is 11.4 Å². The number of likely N-dealkylation sites (tertiary alicyclic amines) is 1. The van der Waals surface area contributed by atoms with E-state index in [1.54, 1.807) is 6.08 Å². The molecule has 5 aliphatic rings. The van der Waals surface area contributed by atoms with Crippen LogP contribution in [0.15, 0.2) is 47.6 Å². The molecule has 0 aromatic carbocycles. The predicted octanol–water partition coefficient (Wildman–Crippen LogP) is 6.14. The number of ketones is 1. The number of esters is 1. The molecule has 7 nitrogen and oxygen atoms in total. The lowest BCUT2D eigenvalue weighted by Gasteiger charge is -2.58. The van der Waals surface area contributed by atoms with E-state index >= 15 is 0 Å². The number of Topliss-reactive ketones (excluding diaryl/α,β-unsaturated/α-hetero) is 1. The van der Waals surface area contributed by atoms with Crippen molar-refractivity contribution in [3.05, 3.63) is 47.6 Å². The third kappa shape index (κ3) is 6.31. The average molecular weight is 610 g/mol. The molecular weight excluding hydrogens is 554 g/mol. The number of aliphatic hydroxyl groups excluding tert-OH is 2. The Hall–Kier alpha value is -2.06. The van der Waals surface area contributed by atoms with E-state index < -0.39 is 29.3 Å². The highest BCUT2D eigenvalue weighted by Gasteiger charge is 2.73. The molecular formula is C37H55NO6. The van der Waals surface area contributed by atoms with Gasteiger partial charge in [0, 0.05) is 37.1 Å². The van der Waals surface area contributed by atoms with Crippen molar-refractivity contribution in [2.24, 2.45) is 11.3 Å². The van der Waals surface area contributed by atoms with Crippen LogP contribution in [0.4, 0.5) is 0 Å². The lowest BCUT2D eigenvalue weighted by Crippen LogP contribution is -2.62. The molecule has 1 spiro atoms. The number of aliphatic hydroxyl groups is 2. The Kier molecular flexibility index (Phi) is 11.0. The second-order valence-electron chi connectivity index (χ2n) is 13.9. The second kappa shape index (κ2) is 14.6. The van der Waals surface area contributed by atoms with Crippen LogP contribution in [0.3, 0.4) is 0 Å². The summed E-state index contributed by atoms with van der Waals surface area (Å²) < 4.78 is 12.2. The van der Waals surface area contributed by atoms with Gasteiger partial charge in [-0.2, -0.15) is 0 Å². The first-order valence-corrected chi connectivity index (χ1v) is 17.5. The maximum Gasteiger partial charge on any atom is 0.302 e. The first-order chi connectivity index (χ1) is 21.3. The van der Waals surface area contributed by atoms with Crippen molar-refractivity contribution in [3.8, 4) is 0 Å². The summed E-state index contributed by atoms with van der Waals surface area (Å²) in [5, 5.41) is 22.5. The largest absolute Gasteiger partial charge is 0.462 e. The second-order valence-corrected chi connectivity index (χ2v) is 13.9. The van der Waals surface area contributed by atoms with Crippen molar-refractivity contribution in [3.63, 3.8) is 0 Å². The van der Waals surface area contributed by atoms with Crippen LogP contribution in [0, 0.1) is 11.3 Å². The quantitative estimate of drug-likeness (QED) is 0.116. The van der Waals surface area contributed by atoms with Crippen molar-refractivity contribution in [2.75, 3.05) is 13.6 Å². The number of ether oxygens (including phenoxy) is 2. The first-order valence-electron chi connectivity index (χ1n) is 17.5. The summed E-state index contributed by atoms with van der Waals surface area (Å²) in [6.45, 7) is 4.58. The number of nitrogens with zero attached hydrogens (tertiary/aromatic N) is 1. The third-order valence-electron chi connectivity index (χ3n) is 11.1. The summed E-state index contributed by atoms with van der Waals surface area (Å²) in [5.41, 5.74) is 0.314. The topological polar surface area (TPSA) is 96.3 Å². The van der Waals surface area contributed by atoms with Crippen LogP contribution in [-0.4, -0.2) is 76.5 Å². The highest BCUT2D eigenvalue weighted by molar-refractivity contribution is 5.94. The standard InChI is InChI=1S/C37H55NO6/c1-4-5-6-13-16-28(43-26(2)39)17-14-11-9-7-8-10-12-15-18-32(41)37-33(42)22-19-27-25-30-29-20-21-31(40)35(44-37)36(29,34(27)37)23-24-38(30)3/h11,14,19-22,28-31,33,35,40,42H,4-10,12-13,15-18,23-25H2,1-3H3/b14-11-/t28?,29-,30+,31-,33?,35-,36-,37?/m0/s1. The SMILES string of the molecule is CCCCCCC(C/C=C\CCCCCCCC(=O)C12O[C@H]3[C@@H](O)C=C[C@H]4[C@H]5CC(=C1[C@]43CCN5C)C=CC2O)OC(C)=O. The van der Waals surface area contributed by atoms with Crippen LogP contribution in [0.1, 0.15) is 110 Å². The minimum atomic E-state index is -1.37. The average Bonchev–Trinajstić information content (AvgIpc) is 3.33. The molecule has 2 bridgehead atoms. The van der Waals surface area contributed by atoms with E-state index in [-0.39, 0.29) is 23.8 Å². The van der Waals surface area contributed by atoms with Crippen molar-refractivity contribution in [1.82, 2.24) is 4.90 Å². The van der Waals surface area contributed by atoms with E-state index in [0.717, 1.165) is 88.3 Å². The molecule has 2 aliphatic heterocycles. The summed E-state index contributed by atoms with van der Waals surface area (Å²) in [4.78, 5) is 27.9. The van der Waals surface area contributed by atoms with Crippen LogP contribution >= 0.6 is 0 Å². The Morgan fingerprint density at radius 2 is 1.84 bits per heavy atom. The highest BCUT2D eigenvalue weighted by atomic mass is 16.6. The minimum Gasteiger partial charge on any atom is -0.462 e. The van der Waals surface area contributed by atoms with Crippen molar-refractivity contribution >= 4 is 11.8 Å². The zero-order chi connectivity index (χ0) is 31.3. The van der Waals surface area contributed by atoms with Crippen molar-refractivity contribution in [1.29, 1.82) is 0 Å². The van der Waals surface area contributed by atoms with E-state index in [1.807, 2.05) is 12.2 Å². The van der Waals surface area contributed by atoms with Crippen molar-refractivity contribution < 1.29 is 29.3 Å². The van der Waals surface area contributed by atoms with E-state index in [1.165, 1.54) is 26.2 Å². The highest BCUT2D eigenvalue weighted by Crippen LogP contribution is 2.67. The number of hydrogen-bond acceptors (Lipinski definition) is 7. The van der Waals surface area contributed by atoms with Gasteiger partial charge >= 0.3 is 5.97 Å². The van der Waals surface area contributed by atoms with Crippen molar-refractivity contribution in [2.45, 2.75) is 146 Å². The van der Waals surface area contributed by atoms with E-state index in [2.05, 4.69) is 37.1 Å². The van der Waals surface area contributed by atoms with E-state index in [0.29, 0.717) is 12.5 Å². The monoisotopic (exact) mass is 609 g/mol. The molecule has 2 N–H and O–H groups in total. The molecule has 0 radical (unpaired) electrons. The number of allylic oxidation sites excluding steroid dienone is 2. The van der Waals surface area contributed by atoms with Gasteiger partial charge in [-0.15, -0.1) is 0 Å². The molecule has 3 aliphatic carbocycles. The number of unbranched alkanes of at least 4 members (excludes halogenated alkanes) is 8. The summed E-state index contributed by atoms with van der Waals surface area (Å²) in [6.07, 6.45) is 24.3. The molecule has 7 heteroatoms. The molecule has 244 valence electrons. The zero-order valence-corrected chi connectivity index (χ0v) is 27.2. The van der Waals surface area contributed by atoms with Gasteiger partial charge < -0.3 is 24.6 Å². The van der Waals surface area contributed by atoms with Gasteiger partial charge in [-0.1, -0.05) is 81.9 Å². The van der Waals surface area contributed by atoms with Crippen LogP contribution in [0.5, 0.6) is 0 Å². The maximum atomic E-state index is 14.1. The molecule has 5 rings (SSSR count). The molecule has 0 saturated carbocycles. The molecule has 0 amide bonds. The van der Waals surface area contributed by atoms with Gasteiger partial charge in [0.1, 0.15) is 12.2 Å².